The Morgan fingerprint density at radius 3 is 2.44 bits per heavy atom. The molecule has 178 valence electrons. The number of fused-ring (bicyclic) bond motifs is 1. The molecule has 6 nitrogen and oxygen atoms in total. The zero-order chi connectivity index (χ0) is 24.0. The van der Waals surface area contributed by atoms with E-state index >= 15 is 0 Å². The van der Waals surface area contributed by atoms with Crippen molar-refractivity contribution in [1.82, 2.24) is 15.0 Å². The number of para-hydroxylation sites is 1. The number of carbonyl (C=O) groups excluding carboxylic acids is 1. The highest BCUT2D eigenvalue weighted by Gasteiger charge is 2.33. The first-order chi connectivity index (χ1) is 14.8. The largest absolute Gasteiger partial charge is 0.433 e. The molecule has 0 fully saturated rings. The van der Waals surface area contributed by atoms with Gasteiger partial charge in [0.2, 0.25) is 15.9 Å². The van der Waals surface area contributed by atoms with Gasteiger partial charge in [0.15, 0.2) is 0 Å². The number of thioether (sulfide) groups is 1. The molecule has 0 spiro atoms. The molecule has 0 aliphatic heterocycles. The molecule has 0 atom stereocenters. The Bertz CT molecular complexity index is 1040. The second-order valence-corrected chi connectivity index (χ2v) is 11.8. The first-order valence-corrected chi connectivity index (χ1v) is 12.6. The van der Waals surface area contributed by atoms with Crippen molar-refractivity contribution in [1.29, 1.82) is 0 Å². The molecule has 0 aliphatic carbocycles. The van der Waals surface area contributed by atoms with E-state index in [1.165, 1.54) is 17.8 Å². The number of sulfonamides is 1. The summed E-state index contributed by atoms with van der Waals surface area (Å²) in [5.41, 5.74) is -0.666. The Morgan fingerprint density at radius 1 is 1.09 bits per heavy atom. The zero-order valence-corrected chi connectivity index (χ0v) is 19.9. The summed E-state index contributed by atoms with van der Waals surface area (Å²) < 4.78 is 64.9. The van der Waals surface area contributed by atoms with Gasteiger partial charge in [-0.15, -0.1) is 11.8 Å². The summed E-state index contributed by atoms with van der Waals surface area (Å²) in [4.78, 5) is 16.1. The smallest absolute Gasteiger partial charge is 0.355 e. The Hall–Kier alpha value is -1.85. The van der Waals surface area contributed by atoms with Crippen molar-refractivity contribution < 1.29 is 26.4 Å². The number of aromatic nitrogens is 1. The van der Waals surface area contributed by atoms with Gasteiger partial charge in [0, 0.05) is 35.5 Å². The number of halogens is 3. The molecular weight excluding hydrogens is 463 g/mol. The lowest BCUT2D eigenvalue weighted by Gasteiger charge is -2.19. The van der Waals surface area contributed by atoms with E-state index < -0.39 is 26.6 Å². The van der Waals surface area contributed by atoms with Gasteiger partial charge in [-0.1, -0.05) is 18.2 Å². The Labute approximate surface area is 190 Å². The number of hydrogen-bond acceptors (Lipinski definition) is 5. The van der Waals surface area contributed by atoms with Crippen LogP contribution in [-0.2, 0) is 21.0 Å². The molecule has 1 heterocycles. The number of rotatable bonds is 10. The first kappa shape index (κ1) is 26.4. The highest BCUT2D eigenvalue weighted by molar-refractivity contribution is 7.99. The highest BCUT2D eigenvalue weighted by atomic mass is 32.2. The van der Waals surface area contributed by atoms with Gasteiger partial charge in [0.1, 0.15) is 5.69 Å². The lowest BCUT2D eigenvalue weighted by molar-refractivity contribution is -0.141. The molecule has 0 unspecified atom stereocenters. The highest BCUT2D eigenvalue weighted by Crippen LogP contribution is 2.34. The number of nitrogens with zero attached hydrogens (tertiary/aromatic N) is 1. The quantitative estimate of drug-likeness (QED) is 0.381. The van der Waals surface area contributed by atoms with E-state index in [-0.39, 0.29) is 24.4 Å². The fourth-order valence-corrected chi connectivity index (χ4v) is 4.47. The number of alkyl halides is 3. The maximum absolute atomic E-state index is 13.1. The summed E-state index contributed by atoms with van der Waals surface area (Å²) in [6.07, 6.45) is -3.23. The average molecular weight is 492 g/mol. The third kappa shape index (κ3) is 7.63. The summed E-state index contributed by atoms with van der Waals surface area (Å²) in [6, 6.07) is 7.67. The van der Waals surface area contributed by atoms with Crippen molar-refractivity contribution in [3.8, 4) is 0 Å². The Balaban J connectivity index is 1.77. The number of unbranched alkanes of at least 4 members (excludes halogenated alkanes) is 1. The van der Waals surface area contributed by atoms with E-state index in [1.807, 2.05) is 0 Å². The minimum absolute atomic E-state index is 0.181. The van der Waals surface area contributed by atoms with Crippen LogP contribution in [0.3, 0.4) is 0 Å². The minimum Gasteiger partial charge on any atom is -0.355 e. The SMILES string of the molecule is CC(C)(C)S(=O)(=O)NCCCCC(=O)NCCSc1cc(C(F)(F)F)nc2ccccc12. The molecule has 0 saturated carbocycles. The average Bonchev–Trinajstić information content (AvgIpc) is 2.69. The van der Waals surface area contributed by atoms with E-state index in [2.05, 4.69) is 15.0 Å². The lowest BCUT2D eigenvalue weighted by Crippen LogP contribution is -2.39. The number of nitrogens with one attached hydrogen (secondary N) is 2. The molecule has 32 heavy (non-hydrogen) atoms. The van der Waals surface area contributed by atoms with Crippen molar-refractivity contribution in [2.24, 2.45) is 0 Å². The van der Waals surface area contributed by atoms with Gasteiger partial charge in [-0.25, -0.2) is 18.1 Å². The molecule has 0 radical (unpaired) electrons. The van der Waals surface area contributed by atoms with Gasteiger partial charge in [-0.05, 0) is 45.7 Å². The number of amides is 1. The van der Waals surface area contributed by atoms with Crippen LogP contribution in [0.5, 0.6) is 0 Å². The van der Waals surface area contributed by atoms with Crippen LogP contribution in [0.25, 0.3) is 10.9 Å². The topological polar surface area (TPSA) is 88.2 Å². The fraction of sp³-hybridized carbons (Fsp3) is 0.524. The van der Waals surface area contributed by atoms with Crippen molar-refractivity contribution in [3.63, 3.8) is 0 Å². The molecule has 0 bridgehead atoms. The van der Waals surface area contributed by atoms with Crippen molar-refractivity contribution in [3.05, 3.63) is 36.0 Å². The van der Waals surface area contributed by atoms with Crippen molar-refractivity contribution in [2.45, 2.75) is 55.9 Å². The normalized spacial score (nSPS) is 12.8. The predicted octanol–water partition coefficient (Wildman–Crippen LogP) is 4.35. The molecule has 0 aliphatic rings. The van der Waals surface area contributed by atoms with Crippen LogP contribution < -0.4 is 10.0 Å². The monoisotopic (exact) mass is 491 g/mol. The number of carbonyl (C=O) groups is 1. The maximum atomic E-state index is 13.1. The second-order valence-electron chi connectivity index (χ2n) is 8.19. The molecule has 11 heteroatoms. The van der Waals surface area contributed by atoms with Crippen LogP contribution >= 0.6 is 11.8 Å². The van der Waals surface area contributed by atoms with Gasteiger partial charge in [0.25, 0.3) is 0 Å². The van der Waals surface area contributed by atoms with E-state index in [0.717, 1.165) is 6.07 Å². The van der Waals surface area contributed by atoms with E-state index in [4.69, 9.17) is 0 Å². The van der Waals surface area contributed by atoms with E-state index in [1.54, 1.807) is 39.0 Å². The fourth-order valence-electron chi connectivity index (χ4n) is 2.68. The van der Waals surface area contributed by atoms with Crippen LogP contribution in [0.15, 0.2) is 35.2 Å². The summed E-state index contributed by atoms with van der Waals surface area (Å²) in [6.45, 7) is 5.40. The van der Waals surface area contributed by atoms with Gasteiger partial charge in [-0.3, -0.25) is 4.79 Å². The molecular formula is C21H28F3N3O3S2. The zero-order valence-electron chi connectivity index (χ0n) is 18.3. The Kier molecular flexibility index (Phi) is 8.95. The van der Waals surface area contributed by atoms with Gasteiger partial charge < -0.3 is 5.32 Å². The lowest BCUT2D eigenvalue weighted by atomic mass is 10.2. The third-order valence-electron chi connectivity index (χ3n) is 4.58. The summed E-state index contributed by atoms with van der Waals surface area (Å²) in [5.74, 6) is 0.224. The number of pyridine rings is 1. The molecule has 2 rings (SSSR count). The second kappa shape index (κ2) is 10.8. The number of benzene rings is 1. The van der Waals surface area contributed by atoms with Gasteiger partial charge in [-0.2, -0.15) is 13.2 Å². The summed E-state index contributed by atoms with van der Waals surface area (Å²) in [5, 5.41) is 3.37. The van der Waals surface area contributed by atoms with Crippen LogP contribution in [0.4, 0.5) is 13.2 Å². The van der Waals surface area contributed by atoms with Crippen molar-refractivity contribution >= 4 is 38.6 Å². The number of hydrogen-bond donors (Lipinski definition) is 2. The van der Waals surface area contributed by atoms with E-state index in [0.29, 0.717) is 35.4 Å². The van der Waals surface area contributed by atoms with Crippen LogP contribution in [0, 0.1) is 0 Å². The Morgan fingerprint density at radius 2 is 1.78 bits per heavy atom. The van der Waals surface area contributed by atoms with Gasteiger partial charge in [0.05, 0.1) is 10.3 Å². The molecule has 1 amide bonds. The summed E-state index contributed by atoms with van der Waals surface area (Å²) >= 11 is 1.23. The standard InChI is InChI=1S/C21H28F3N3O3S2/c1-20(2,3)32(29,30)26-11-7-6-10-19(28)25-12-13-31-17-14-18(21(22,23)24)27-16-9-5-4-8-15(16)17/h4-5,8-9,14,26H,6-7,10-13H2,1-3H3,(H,25,28). The van der Waals surface area contributed by atoms with E-state index in [9.17, 15) is 26.4 Å². The third-order valence-corrected chi connectivity index (χ3v) is 7.83. The minimum atomic E-state index is -4.53. The molecule has 2 N–H and O–H groups in total. The van der Waals surface area contributed by atoms with Crippen LogP contribution in [0.2, 0.25) is 0 Å². The predicted molar refractivity (Wildman–Crippen MR) is 121 cm³/mol. The molecule has 2 aromatic rings. The molecule has 1 aromatic carbocycles. The maximum Gasteiger partial charge on any atom is 0.433 e. The van der Waals surface area contributed by atoms with Crippen LogP contribution in [-0.4, -0.2) is 42.9 Å². The van der Waals surface area contributed by atoms with Crippen LogP contribution in [0.1, 0.15) is 45.7 Å². The molecule has 1 aromatic heterocycles. The van der Waals surface area contributed by atoms with Crippen molar-refractivity contribution in [2.75, 3.05) is 18.8 Å². The van der Waals surface area contributed by atoms with Gasteiger partial charge >= 0.3 is 6.18 Å². The summed E-state index contributed by atoms with van der Waals surface area (Å²) in [7, 11) is -3.40. The molecule has 0 saturated heterocycles. The first-order valence-electron chi connectivity index (χ1n) is 10.2.